The van der Waals surface area contributed by atoms with Crippen molar-refractivity contribution in [2.24, 2.45) is 0 Å². The number of carbonyl (C=O) groups excluding carboxylic acids is 2. The van der Waals surface area contributed by atoms with E-state index >= 15 is 0 Å². The summed E-state index contributed by atoms with van der Waals surface area (Å²) in [6, 6.07) is 3.37. The number of ketones is 1. The molecule has 6 nitrogen and oxygen atoms in total. The molecule has 0 N–H and O–H groups in total. The predicted molar refractivity (Wildman–Crippen MR) is 78.6 cm³/mol. The van der Waals surface area contributed by atoms with Crippen molar-refractivity contribution in [3.63, 3.8) is 0 Å². The van der Waals surface area contributed by atoms with Crippen molar-refractivity contribution in [3.05, 3.63) is 17.7 Å². The molecule has 0 aliphatic carbocycles. The van der Waals surface area contributed by atoms with Crippen LogP contribution in [0.2, 0.25) is 0 Å². The summed E-state index contributed by atoms with van der Waals surface area (Å²) in [6.07, 6.45) is 0. The Morgan fingerprint density at radius 2 is 1.59 bits per heavy atom. The summed E-state index contributed by atoms with van der Waals surface area (Å²) in [5.74, 6) is 0.0962. The molecular formula is C16H20O6. The van der Waals surface area contributed by atoms with Crippen molar-refractivity contribution in [3.8, 4) is 17.2 Å². The van der Waals surface area contributed by atoms with Crippen LogP contribution in [0, 0.1) is 0 Å². The average Bonchev–Trinajstić information content (AvgIpc) is 2.51. The van der Waals surface area contributed by atoms with Crippen molar-refractivity contribution in [2.45, 2.75) is 31.8 Å². The van der Waals surface area contributed by atoms with Crippen LogP contribution in [0.15, 0.2) is 12.1 Å². The summed E-state index contributed by atoms with van der Waals surface area (Å²) in [6.45, 7) is 4.85. The molecule has 1 aromatic rings. The fraction of sp³-hybridized carbons (Fsp3) is 0.500. The quantitative estimate of drug-likeness (QED) is 0.627. The van der Waals surface area contributed by atoms with Crippen LogP contribution in [0.1, 0.15) is 26.3 Å². The van der Waals surface area contributed by atoms with Crippen LogP contribution in [0.3, 0.4) is 0 Å². The molecule has 120 valence electrons. The van der Waals surface area contributed by atoms with Gasteiger partial charge in [-0.1, -0.05) is 0 Å². The fourth-order valence-corrected chi connectivity index (χ4v) is 2.86. The average molecular weight is 308 g/mol. The molecule has 0 saturated carbocycles. The van der Waals surface area contributed by atoms with Gasteiger partial charge in [-0.3, -0.25) is 4.79 Å². The van der Waals surface area contributed by atoms with E-state index in [1.165, 1.54) is 28.3 Å². The van der Waals surface area contributed by atoms with Gasteiger partial charge in [-0.05, 0) is 32.9 Å². The molecule has 1 heterocycles. The lowest BCUT2D eigenvalue weighted by Crippen LogP contribution is -2.59. The highest BCUT2D eigenvalue weighted by Crippen LogP contribution is 2.51. The molecule has 0 spiro atoms. The number of fused-ring (bicyclic) bond motifs is 1. The smallest absolute Gasteiger partial charge is 0.357 e. The summed E-state index contributed by atoms with van der Waals surface area (Å²) >= 11 is 0. The molecule has 0 bridgehead atoms. The number of carbonyl (C=O) groups is 2. The largest absolute Gasteiger partial charge is 0.496 e. The summed E-state index contributed by atoms with van der Waals surface area (Å²) in [5, 5.41) is 0. The highest BCUT2D eigenvalue weighted by molar-refractivity contribution is 6.13. The molecule has 6 heteroatoms. The third-order valence-corrected chi connectivity index (χ3v) is 4.03. The summed E-state index contributed by atoms with van der Waals surface area (Å²) < 4.78 is 21.2. The Kier molecular flexibility index (Phi) is 3.81. The summed E-state index contributed by atoms with van der Waals surface area (Å²) in [7, 11) is 4.22. The van der Waals surface area contributed by atoms with Gasteiger partial charge in [0.25, 0.3) is 5.60 Å². The Bertz CT molecular complexity index is 634. The van der Waals surface area contributed by atoms with Crippen LogP contribution in [0.4, 0.5) is 0 Å². The van der Waals surface area contributed by atoms with Gasteiger partial charge >= 0.3 is 5.97 Å². The van der Waals surface area contributed by atoms with E-state index in [2.05, 4.69) is 0 Å². The van der Waals surface area contributed by atoms with E-state index in [4.69, 9.17) is 18.9 Å². The minimum Gasteiger partial charge on any atom is -0.496 e. The number of hydrogen-bond acceptors (Lipinski definition) is 6. The van der Waals surface area contributed by atoms with Crippen molar-refractivity contribution in [1.82, 2.24) is 0 Å². The second-order valence-electron chi connectivity index (χ2n) is 5.76. The molecule has 0 fully saturated rings. The van der Waals surface area contributed by atoms with Gasteiger partial charge in [-0.15, -0.1) is 0 Å². The van der Waals surface area contributed by atoms with Crippen LogP contribution in [0.25, 0.3) is 0 Å². The van der Waals surface area contributed by atoms with Crippen LogP contribution in [-0.4, -0.2) is 38.7 Å². The molecule has 0 radical (unpaired) electrons. The lowest BCUT2D eigenvalue weighted by Gasteiger charge is -2.41. The van der Waals surface area contributed by atoms with E-state index < -0.39 is 22.8 Å². The first-order valence-electron chi connectivity index (χ1n) is 6.81. The van der Waals surface area contributed by atoms with Gasteiger partial charge in [0.15, 0.2) is 17.3 Å². The molecule has 0 amide bonds. The molecular weight excluding hydrogens is 288 g/mol. The van der Waals surface area contributed by atoms with E-state index in [0.717, 1.165) is 0 Å². The Balaban J connectivity index is 2.78. The predicted octanol–water partition coefficient (Wildman–Crippen LogP) is 1.87. The first-order valence-corrected chi connectivity index (χ1v) is 6.81. The van der Waals surface area contributed by atoms with Gasteiger partial charge in [0.2, 0.25) is 0 Å². The van der Waals surface area contributed by atoms with Gasteiger partial charge < -0.3 is 18.9 Å². The van der Waals surface area contributed by atoms with E-state index in [9.17, 15) is 9.59 Å². The van der Waals surface area contributed by atoms with Crippen LogP contribution < -0.4 is 14.2 Å². The van der Waals surface area contributed by atoms with Gasteiger partial charge in [0.1, 0.15) is 5.75 Å². The number of benzene rings is 1. The van der Waals surface area contributed by atoms with Crippen LogP contribution in [0.5, 0.6) is 17.2 Å². The number of hydrogen-bond donors (Lipinski definition) is 0. The summed E-state index contributed by atoms with van der Waals surface area (Å²) in [4.78, 5) is 25.0. The van der Waals surface area contributed by atoms with Gasteiger partial charge in [-0.25, -0.2) is 4.79 Å². The minimum absolute atomic E-state index is 0.319. The van der Waals surface area contributed by atoms with Crippen molar-refractivity contribution < 1.29 is 28.5 Å². The fourth-order valence-electron chi connectivity index (χ4n) is 2.86. The van der Waals surface area contributed by atoms with E-state index in [0.29, 0.717) is 22.8 Å². The molecule has 1 aromatic carbocycles. The van der Waals surface area contributed by atoms with Crippen molar-refractivity contribution in [2.75, 3.05) is 21.3 Å². The molecule has 1 atom stereocenters. The molecule has 1 aliphatic rings. The maximum atomic E-state index is 12.9. The zero-order chi connectivity index (χ0) is 16.7. The first kappa shape index (κ1) is 16.1. The standard InChI is InChI=1S/C16H20O6/c1-15(2)11-9(19-4)7-8-10(20-5)12(11)22-16(3,13(15)17)14(18)21-6/h7-8H,1-6H3. The highest BCUT2D eigenvalue weighted by Gasteiger charge is 2.57. The van der Waals surface area contributed by atoms with Gasteiger partial charge in [-0.2, -0.15) is 0 Å². The number of Topliss-reactive ketones (excluding diaryl/α,β-unsaturated/α-hetero) is 1. The van der Waals surface area contributed by atoms with Crippen molar-refractivity contribution in [1.29, 1.82) is 0 Å². The maximum absolute atomic E-state index is 12.9. The number of methoxy groups -OCH3 is 3. The van der Waals surface area contributed by atoms with E-state index in [1.54, 1.807) is 26.0 Å². The normalized spacial score (nSPS) is 22.4. The zero-order valence-corrected chi connectivity index (χ0v) is 13.6. The second-order valence-corrected chi connectivity index (χ2v) is 5.76. The van der Waals surface area contributed by atoms with Crippen LogP contribution in [-0.2, 0) is 19.7 Å². The molecule has 2 rings (SSSR count). The Hall–Kier alpha value is -2.24. The first-order chi connectivity index (χ1) is 10.2. The molecule has 1 unspecified atom stereocenters. The van der Waals surface area contributed by atoms with Gasteiger partial charge in [0.05, 0.1) is 32.3 Å². The molecule has 22 heavy (non-hydrogen) atoms. The Morgan fingerprint density at radius 3 is 2.09 bits per heavy atom. The van der Waals surface area contributed by atoms with E-state index in [1.807, 2.05) is 0 Å². The molecule has 0 aromatic heterocycles. The number of rotatable bonds is 3. The third kappa shape index (κ3) is 2.01. The van der Waals surface area contributed by atoms with Crippen molar-refractivity contribution >= 4 is 11.8 Å². The topological polar surface area (TPSA) is 71.1 Å². The zero-order valence-electron chi connectivity index (χ0n) is 13.6. The Morgan fingerprint density at radius 1 is 1.05 bits per heavy atom. The lowest BCUT2D eigenvalue weighted by molar-refractivity contribution is -0.167. The lowest BCUT2D eigenvalue weighted by atomic mass is 9.71. The third-order valence-electron chi connectivity index (χ3n) is 4.03. The SMILES string of the molecule is COC(=O)C1(C)Oc2c(OC)ccc(OC)c2C(C)(C)C1=O. The minimum atomic E-state index is -1.73. The molecule has 0 saturated heterocycles. The highest BCUT2D eigenvalue weighted by atomic mass is 16.6. The second kappa shape index (κ2) is 5.19. The van der Waals surface area contributed by atoms with Gasteiger partial charge in [0, 0.05) is 0 Å². The molecule has 1 aliphatic heterocycles. The summed E-state index contributed by atoms with van der Waals surface area (Å²) in [5.41, 5.74) is -2.18. The number of ether oxygens (including phenoxy) is 4. The van der Waals surface area contributed by atoms with E-state index in [-0.39, 0.29) is 0 Å². The maximum Gasteiger partial charge on any atom is 0.357 e. The number of esters is 1. The monoisotopic (exact) mass is 308 g/mol. The van der Waals surface area contributed by atoms with Crippen LogP contribution >= 0.6 is 0 Å². The Labute approximate surface area is 129 Å².